The van der Waals surface area contributed by atoms with Crippen LogP contribution in [0.25, 0.3) is 27.8 Å². The summed E-state index contributed by atoms with van der Waals surface area (Å²) in [5.41, 5.74) is 8.48. The number of carbonyl (C=O) groups is 1. The Balaban J connectivity index is 1.64. The van der Waals surface area contributed by atoms with Crippen LogP contribution in [-0.4, -0.2) is 44.4 Å². The van der Waals surface area contributed by atoms with Crippen molar-refractivity contribution < 1.29 is 18.7 Å². The first-order valence-electron chi connectivity index (χ1n) is 9.89. The van der Waals surface area contributed by atoms with Crippen molar-refractivity contribution >= 4 is 39.3 Å². The molecule has 3 aromatic heterocycles. The topological polar surface area (TPSA) is 159 Å². The Bertz CT molecular complexity index is 1340. The lowest BCUT2D eigenvalue weighted by molar-refractivity contribution is -0.142. The van der Waals surface area contributed by atoms with Crippen LogP contribution in [0.2, 0.25) is 0 Å². The number of aromatic nitrogens is 5. The highest BCUT2D eigenvalue weighted by atomic mass is 32.2. The van der Waals surface area contributed by atoms with Crippen LogP contribution >= 0.6 is 0 Å². The van der Waals surface area contributed by atoms with E-state index in [1.54, 1.807) is 16.6 Å². The molecular formula is C20H20N6O4S. The first-order valence-corrected chi connectivity index (χ1v) is 11.0. The fourth-order valence-electron chi connectivity index (χ4n) is 4.43. The van der Waals surface area contributed by atoms with Gasteiger partial charge in [-0.1, -0.05) is 12.1 Å². The number of carboxylic acid groups (broad SMARTS) is 1. The summed E-state index contributed by atoms with van der Waals surface area (Å²) < 4.78 is 23.0. The number of aliphatic carboxylic acids is 1. The highest BCUT2D eigenvalue weighted by molar-refractivity contribution is 7.79. The van der Waals surface area contributed by atoms with Crippen molar-refractivity contribution in [3.05, 3.63) is 36.4 Å². The smallest absolute Gasteiger partial charge is 0.306 e. The highest BCUT2D eigenvalue weighted by Gasteiger charge is 2.31. The van der Waals surface area contributed by atoms with Gasteiger partial charge in [0.1, 0.15) is 23.4 Å². The second kappa shape index (κ2) is 7.43. The van der Waals surface area contributed by atoms with Gasteiger partial charge in [0.25, 0.3) is 0 Å². The van der Waals surface area contributed by atoms with Crippen LogP contribution in [0.4, 0.5) is 5.82 Å². The van der Waals surface area contributed by atoms with E-state index in [-0.39, 0.29) is 22.5 Å². The first kappa shape index (κ1) is 19.6. The number of nitrogen functional groups attached to an aromatic ring is 1. The standard InChI is InChI=1S/C20H20N6O4S/c21-18-17-16(13-8-12-2-1-3-14(31(29)30)15(12)24-13)25-19(26(17)23-9-22-18)10-4-6-11(7-5-10)20(27)28/h1-3,8-11,24H,4-7H2,(H,27,28)(H,29,30)(H2,21,22,23). The first-order chi connectivity index (χ1) is 14.9. The predicted molar refractivity (Wildman–Crippen MR) is 114 cm³/mol. The number of hydrogen-bond acceptors (Lipinski definition) is 6. The van der Waals surface area contributed by atoms with Crippen LogP contribution in [0.1, 0.15) is 37.4 Å². The van der Waals surface area contributed by atoms with Crippen molar-refractivity contribution in [2.45, 2.75) is 36.5 Å². The Morgan fingerprint density at radius 1 is 1.26 bits per heavy atom. The van der Waals surface area contributed by atoms with Crippen LogP contribution in [0.3, 0.4) is 0 Å². The molecule has 0 spiro atoms. The van der Waals surface area contributed by atoms with Crippen molar-refractivity contribution in [3.63, 3.8) is 0 Å². The number of imidazole rings is 1. The largest absolute Gasteiger partial charge is 0.481 e. The van der Waals surface area contributed by atoms with Crippen LogP contribution in [0, 0.1) is 5.92 Å². The monoisotopic (exact) mass is 440 g/mol. The number of fused-ring (bicyclic) bond motifs is 2. The zero-order chi connectivity index (χ0) is 21.7. The molecule has 0 aliphatic heterocycles. The maximum Gasteiger partial charge on any atom is 0.306 e. The molecule has 5 N–H and O–H groups in total. The van der Waals surface area contributed by atoms with E-state index in [0.717, 1.165) is 5.39 Å². The number of aromatic amines is 1. The molecule has 5 rings (SSSR count). The van der Waals surface area contributed by atoms with Gasteiger partial charge in [0.15, 0.2) is 16.9 Å². The van der Waals surface area contributed by atoms with E-state index in [9.17, 15) is 18.7 Å². The van der Waals surface area contributed by atoms with E-state index in [1.807, 2.05) is 12.1 Å². The van der Waals surface area contributed by atoms with Gasteiger partial charge in [-0.2, -0.15) is 5.10 Å². The number of rotatable bonds is 4. The number of hydrogen-bond donors (Lipinski definition) is 4. The van der Waals surface area contributed by atoms with Crippen molar-refractivity contribution in [3.8, 4) is 11.4 Å². The Morgan fingerprint density at radius 3 is 2.74 bits per heavy atom. The van der Waals surface area contributed by atoms with Gasteiger partial charge >= 0.3 is 5.97 Å². The molecular weight excluding hydrogens is 420 g/mol. The van der Waals surface area contributed by atoms with Crippen molar-refractivity contribution in [1.29, 1.82) is 0 Å². The molecule has 0 amide bonds. The van der Waals surface area contributed by atoms with Gasteiger partial charge in [0.05, 0.1) is 22.0 Å². The molecule has 0 radical (unpaired) electrons. The van der Waals surface area contributed by atoms with Crippen LogP contribution in [0.15, 0.2) is 35.5 Å². The van der Waals surface area contributed by atoms with E-state index in [2.05, 4.69) is 15.1 Å². The van der Waals surface area contributed by atoms with Gasteiger partial charge in [-0.15, -0.1) is 0 Å². The molecule has 0 bridgehead atoms. The molecule has 10 nitrogen and oxygen atoms in total. The Hall–Kier alpha value is -3.31. The molecule has 1 saturated carbocycles. The van der Waals surface area contributed by atoms with Gasteiger partial charge in [0, 0.05) is 11.3 Å². The lowest BCUT2D eigenvalue weighted by Gasteiger charge is -2.24. The Morgan fingerprint density at radius 2 is 2.03 bits per heavy atom. The molecule has 11 heteroatoms. The van der Waals surface area contributed by atoms with Crippen LogP contribution in [0.5, 0.6) is 0 Å². The van der Waals surface area contributed by atoms with Gasteiger partial charge in [0.2, 0.25) is 0 Å². The number of nitrogens with zero attached hydrogens (tertiary/aromatic N) is 4. The van der Waals surface area contributed by atoms with Crippen LogP contribution in [-0.2, 0) is 15.9 Å². The van der Waals surface area contributed by atoms with Crippen molar-refractivity contribution in [2.75, 3.05) is 5.73 Å². The summed E-state index contributed by atoms with van der Waals surface area (Å²) in [6.07, 6.45) is 3.93. The highest BCUT2D eigenvalue weighted by Crippen LogP contribution is 2.38. The third kappa shape index (κ3) is 3.26. The van der Waals surface area contributed by atoms with E-state index in [4.69, 9.17) is 10.7 Å². The maximum absolute atomic E-state index is 11.7. The second-order valence-electron chi connectivity index (χ2n) is 7.76. The molecule has 160 valence electrons. The minimum absolute atomic E-state index is 0.0519. The summed E-state index contributed by atoms with van der Waals surface area (Å²) in [5.74, 6) is -0.0434. The zero-order valence-corrected chi connectivity index (χ0v) is 17.2. The summed E-state index contributed by atoms with van der Waals surface area (Å²) in [4.78, 5) is 23.7. The maximum atomic E-state index is 11.7. The van der Waals surface area contributed by atoms with Crippen molar-refractivity contribution in [1.82, 2.24) is 24.6 Å². The van der Waals surface area contributed by atoms with E-state index in [0.29, 0.717) is 53.9 Å². The third-order valence-corrected chi connectivity index (χ3v) is 6.71. The molecule has 31 heavy (non-hydrogen) atoms. The lowest BCUT2D eigenvalue weighted by Crippen LogP contribution is -2.21. The van der Waals surface area contributed by atoms with Gasteiger partial charge < -0.3 is 20.4 Å². The summed E-state index contributed by atoms with van der Waals surface area (Å²) in [7, 11) is 0. The average Bonchev–Trinajstić information content (AvgIpc) is 3.36. The van der Waals surface area contributed by atoms with Gasteiger partial charge in [-0.05, 0) is 37.8 Å². The molecule has 1 fully saturated rings. The van der Waals surface area contributed by atoms with E-state index < -0.39 is 17.0 Å². The summed E-state index contributed by atoms with van der Waals surface area (Å²) in [6, 6.07) is 7.01. The Labute approximate surface area is 178 Å². The predicted octanol–water partition coefficient (Wildman–Crippen LogP) is 2.79. The summed E-state index contributed by atoms with van der Waals surface area (Å²) in [5, 5.41) is 14.4. The number of carboxylic acids is 1. The number of H-pyrrole nitrogens is 1. The SMILES string of the molecule is Nc1ncnn2c(C3CCC(C(=O)O)CC3)nc(-c3cc4cccc(S(=O)O)c4[nH]3)c12. The number of para-hydroxylation sites is 1. The number of benzene rings is 1. The molecule has 0 saturated heterocycles. The van der Waals surface area contributed by atoms with E-state index in [1.165, 1.54) is 6.33 Å². The molecule has 1 aliphatic rings. The second-order valence-corrected chi connectivity index (χ2v) is 8.70. The number of anilines is 1. The fraction of sp³-hybridized carbons (Fsp3) is 0.300. The molecule has 1 aliphatic carbocycles. The van der Waals surface area contributed by atoms with Crippen LogP contribution < -0.4 is 5.73 Å². The summed E-state index contributed by atoms with van der Waals surface area (Å²) in [6.45, 7) is 0. The van der Waals surface area contributed by atoms with Gasteiger partial charge in [-0.25, -0.2) is 18.7 Å². The quantitative estimate of drug-likeness (QED) is 0.352. The molecule has 1 atom stereocenters. The molecule has 1 unspecified atom stereocenters. The average molecular weight is 440 g/mol. The van der Waals surface area contributed by atoms with Gasteiger partial charge in [-0.3, -0.25) is 4.79 Å². The third-order valence-electron chi connectivity index (χ3n) is 5.99. The number of nitrogens with one attached hydrogen (secondary N) is 1. The molecule has 4 aromatic rings. The lowest BCUT2D eigenvalue weighted by atomic mass is 9.82. The number of nitrogens with two attached hydrogens (primary N) is 1. The minimum Gasteiger partial charge on any atom is -0.481 e. The normalized spacial score (nSPS) is 20.3. The van der Waals surface area contributed by atoms with E-state index >= 15 is 0 Å². The minimum atomic E-state index is -2.14. The zero-order valence-electron chi connectivity index (χ0n) is 16.4. The Kier molecular flexibility index (Phi) is 4.71. The summed E-state index contributed by atoms with van der Waals surface area (Å²) >= 11 is -2.14. The fourth-order valence-corrected chi connectivity index (χ4v) is 4.97. The molecule has 3 heterocycles. The van der Waals surface area contributed by atoms with Crippen molar-refractivity contribution in [2.24, 2.45) is 5.92 Å². The molecule has 1 aromatic carbocycles.